The molecule has 0 spiro atoms. The van der Waals surface area contributed by atoms with Crippen LogP contribution in [0.1, 0.15) is 35.2 Å². The van der Waals surface area contributed by atoms with Crippen LogP contribution in [0.4, 0.5) is 10.1 Å². The SMILES string of the molecule is C[C@@H]1C(=O)Nc2ccc(C(=O)COC(=O)CCSc3ccc(F)cc3)cc21. The Morgan fingerprint density at radius 1 is 1.19 bits per heavy atom. The molecule has 1 atom stereocenters. The summed E-state index contributed by atoms with van der Waals surface area (Å²) in [5.41, 5.74) is 1.89. The van der Waals surface area contributed by atoms with Crippen LogP contribution < -0.4 is 5.32 Å². The lowest BCUT2D eigenvalue weighted by molar-refractivity contribution is -0.142. The van der Waals surface area contributed by atoms with E-state index in [1.165, 1.54) is 23.9 Å². The van der Waals surface area contributed by atoms with Crippen LogP contribution in [-0.2, 0) is 14.3 Å². The predicted octanol–water partition coefficient (Wildman–Crippen LogP) is 3.79. The van der Waals surface area contributed by atoms with Gasteiger partial charge in [0.2, 0.25) is 5.91 Å². The topological polar surface area (TPSA) is 72.5 Å². The number of benzene rings is 2. The zero-order valence-corrected chi connectivity index (χ0v) is 15.5. The lowest BCUT2D eigenvalue weighted by Gasteiger charge is -2.07. The third kappa shape index (κ3) is 4.74. The molecule has 140 valence electrons. The van der Waals surface area contributed by atoms with E-state index in [1.807, 2.05) is 0 Å². The molecule has 0 unspecified atom stereocenters. The van der Waals surface area contributed by atoms with Crippen molar-refractivity contribution in [3.8, 4) is 0 Å². The zero-order chi connectivity index (χ0) is 19.4. The normalized spacial score (nSPS) is 15.2. The van der Waals surface area contributed by atoms with E-state index in [1.54, 1.807) is 37.3 Å². The first-order chi connectivity index (χ1) is 12.9. The molecule has 1 aliphatic heterocycles. The van der Waals surface area contributed by atoms with Crippen molar-refractivity contribution in [3.05, 3.63) is 59.4 Å². The Hall–Kier alpha value is -2.67. The van der Waals surface area contributed by atoms with E-state index in [-0.39, 0.29) is 36.5 Å². The van der Waals surface area contributed by atoms with E-state index in [4.69, 9.17) is 4.74 Å². The number of ketones is 1. The van der Waals surface area contributed by atoms with Gasteiger partial charge >= 0.3 is 5.97 Å². The molecule has 1 N–H and O–H groups in total. The summed E-state index contributed by atoms with van der Waals surface area (Å²) in [4.78, 5) is 36.6. The number of anilines is 1. The van der Waals surface area contributed by atoms with Gasteiger partial charge < -0.3 is 10.1 Å². The Bertz CT molecular complexity index is 882. The second-order valence-corrected chi connectivity index (χ2v) is 7.32. The fourth-order valence-corrected chi connectivity index (χ4v) is 3.51. The van der Waals surface area contributed by atoms with Crippen LogP contribution in [0.3, 0.4) is 0 Å². The van der Waals surface area contributed by atoms with Gasteiger partial charge in [0.25, 0.3) is 0 Å². The second-order valence-electron chi connectivity index (χ2n) is 6.15. The third-order valence-corrected chi connectivity index (χ3v) is 5.26. The molecule has 5 nitrogen and oxygen atoms in total. The van der Waals surface area contributed by atoms with Crippen LogP contribution in [-0.4, -0.2) is 30.0 Å². The average Bonchev–Trinajstić information content (AvgIpc) is 2.95. The number of hydrogen-bond acceptors (Lipinski definition) is 5. The third-order valence-electron chi connectivity index (χ3n) is 4.24. The maximum Gasteiger partial charge on any atom is 0.307 e. The van der Waals surface area contributed by atoms with Crippen LogP contribution in [0.2, 0.25) is 0 Å². The van der Waals surface area contributed by atoms with Gasteiger partial charge in [-0.05, 0) is 55.0 Å². The van der Waals surface area contributed by atoms with Crippen molar-refractivity contribution in [1.82, 2.24) is 0 Å². The minimum atomic E-state index is -0.468. The molecule has 3 rings (SSSR count). The number of carbonyl (C=O) groups is 3. The van der Waals surface area contributed by atoms with Gasteiger partial charge in [0.15, 0.2) is 12.4 Å². The number of amides is 1. The maximum atomic E-state index is 12.8. The highest BCUT2D eigenvalue weighted by Crippen LogP contribution is 2.32. The monoisotopic (exact) mass is 387 g/mol. The number of nitrogens with one attached hydrogen (secondary N) is 1. The smallest absolute Gasteiger partial charge is 0.307 e. The Morgan fingerprint density at radius 2 is 1.93 bits per heavy atom. The van der Waals surface area contributed by atoms with E-state index in [0.29, 0.717) is 17.0 Å². The first-order valence-corrected chi connectivity index (χ1v) is 9.44. The molecule has 0 radical (unpaired) electrons. The van der Waals surface area contributed by atoms with E-state index in [2.05, 4.69) is 5.32 Å². The quantitative estimate of drug-likeness (QED) is 0.445. The molecular formula is C20H18FNO4S. The lowest BCUT2D eigenvalue weighted by atomic mass is 9.99. The zero-order valence-electron chi connectivity index (χ0n) is 14.7. The van der Waals surface area contributed by atoms with Crippen LogP contribution in [0.5, 0.6) is 0 Å². The fraction of sp³-hybridized carbons (Fsp3) is 0.250. The maximum absolute atomic E-state index is 12.8. The Morgan fingerprint density at radius 3 is 2.67 bits per heavy atom. The summed E-state index contributed by atoms with van der Waals surface area (Å²) in [6, 6.07) is 11.0. The highest BCUT2D eigenvalue weighted by atomic mass is 32.2. The molecule has 1 aliphatic rings. The predicted molar refractivity (Wildman–Crippen MR) is 101 cm³/mol. The number of fused-ring (bicyclic) bond motifs is 1. The molecule has 0 bridgehead atoms. The summed E-state index contributed by atoms with van der Waals surface area (Å²) in [6.45, 7) is 1.43. The summed E-state index contributed by atoms with van der Waals surface area (Å²) >= 11 is 1.41. The van der Waals surface area contributed by atoms with Crippen molar-refractivity contribution in [2.45, 2.75) is 24.2 Å². The van der Waals surface area contributed by atoms with Crippen molar-refractivity contribution in [1.29, 1.82) is 0 Å². The average molecular weight is 387 g/mol. The van der Waals surface area contributed by atoms with Crippen molar-refractivity contribution in [2.75, 3.05) is 17.7 Å². The molecule has 0 aliphatic carbocycles. The minimum absolute atomic E-state index is 0.0975. The van der Waals surface area contributed by atoms with E-state index in [9.17, 15) is 18.8 Å². The Labute approximate surface area is 160 Å². The number of rotatable bonds is 7. The number of thioether (sulfide) groups is 1. The van der Waals surface area contributed by atoms with Crippen molar-refractivity contribution in [3.63, 3.8) is 0 Å². The largest absolute Gasteiger partial charge is 0.457 e. The molecule has 1 heterocycles. The first kappa shape index (κ1) is 19.1. The summed E-state index contributed by atoms with van der Waals surface area (Å²) in [6.07, 6.45) is 0.148. The molecule has 2 aromatic rings. The fourth-order valence-electron chi connectivity index (χ4n) is 2.68. The molecule has 1 amide bonds. The van der Waals surface area contributed by atoms with E-state index in [0.717, 1.165) is 10.5 Å². The van der Waals surface area contributed by atoms with Crippen molar-refractivity contribution in [2.24, 2.45) is 0 Å². The van der Waals surface area contributed by atoms with Crippen molar-refractivity contribution < 1.29 is 23.5 Å². The molecule has 0 fully saturated rings. The molecular weight excluding hydrogens is 369 g/mol. The molecule has 0 aromatic heterocycles. The summed E-state index contributed by atoms with van der Waals surface area (Å²) in [7, 11) is 0. The summed E-state index contributed by atoms with van der Waals surface area (Å²) < 4.78 is 17.9. The minimum Gasteiger partial charge on any atom is -0.457 e. The van der Waals surface area contributed by atoms with Crippen LogP contribution in [0.15, 0.2) is 47.4 Å². The summed E-state index contributed by atoms with van der Waals surface area (Å²) in [5.74, 6) is -1.02. The Balaban J connectivity index is 1.45. The highest BCUT2D eigenvalue weighted by Gasteiger charge is 2.27. The standard InChI is InChI=1S/C20H18FNO4S/c1-12-16-10-13(2-7-17(16)22-20(12)25)18(23)11-26-19(24)8-9-27-15-5-3-14(21)4-6-15/h2-7,10,12H,8-9,11H2,1H3,(H,22,25)/t12-/m0/s1. The van der Waals surface area contributed by atoms with Gasteiger partial charge in [-0.25, -0.2) is 4.39 Å². The molecule has 0 saturated heterocycles. The first-order valence-electron chi connectivity index (χ1n) is 8.46. The summed E-state index contributed by atoms with van der Waals surface area (Å²) in [5, 5.41) is 2.74. The number of halogens is 1. The second kappa shape index (κ2) is 8.35. The number of esters is 1. The van der Waals surface area contributed by atoms with Gasteiger partial charge in [0, 0.05) is 21.9 Å². The van der Waals surface area contributed by atoms with Gasteiger partial charge in [0.05, 0.1) is 12.3 Å². The van der Waals surface area contributed by atoms with Gasteiger partial charge in [-0.1, -0.05) is 0 Å². The molecule has 0 saturated carbocycles. The van der Waals surface area contributed by atoms with E-state index >= 15 is 0 Å². The van der Waals surface area contributed by atoms with Crippen LogP contribution in [0.25, 0.3) is 0 Å². The Kier molecular flexibility index (Phi) is 5.91. The van der Waals surface area contributed by atoms with Gasteiger partial charge in [0.1, 0.15) is 5.82 Å². The van der Waals surface area contributed by atoms with Crippen LogP contribution in [0, 0.1) is 5.82 Å². The van der Waals surface area contributed by atoms with Gasteiger partial charge in [-0.15, -0.1) is 11.8 Å². The number of Topliss-reactive ketones (excluding diaryl/α,β-unsaturated/α-hetero) is 1. The van der Waals surface area contributed by atoms with Gasteiger partial charge in [-0.2, -0.15) is 0 Å². The van der Waals surface area contributed by atoms with Crippen LogP contribution >= 0.6 is 11.8 Å². The van der Waals surface area contributed by atoms with E-state index < -0.39 is 5.97 Å². The number of ether oxygens (including phenoxy) is 1. The number of carbonyl (C=O) groups excluding carboxylic acids is 3. The molecule has 27 heavy (non-hydrogen) atoms. The van der Waals surface area contributed by atoms with Crippen molar-refractivity contribution >= 4 is 35.1 Å². The molecule has 2 aromatic carbocycles. The molecule has 7 heteroatoms. The van der Waals surface area contributed by atoms with Gasteiger partial charge in [-0.3, -0.25) is 14.4 Å². The number of hydrogen-bond donors (Lipinski definition) is 1. The highest BCUT2D eigenvalue weighted by molar-refractivity contribution is 7.99. The lowest BCUT2D eigenvalue weighted by Crippen LogP contribution is -2.14.